The van der Waals surface area contributed by atoms with Crippen LogP contribution in [0.15, 0.2) is 18.2 Å². The van der Waals surface area contributed by atoms with Crippen LogP contribution < -0.4 is 4.74 Å². The second-order valence-corrected chi connectivity index (χ2v) is 7.28. The summed E-state index contributed by atoms with van der Waals surface area (Å²) in [5.41, 5.74) is 2.85. The first-order chi connectivity index (χ1) is 11.6. The Morgan fingerprint density at radius 3 is 2.54 bits per heavy atom. The number of likely N-dealkylation sites (N-methyl/N-ethyl adjacent to an activating group) is 1. The third-order valence-electron chi connectivity index (χ3n) is 5.21. The fourth-order valence-corrected chi connectivity index (χ4v) is 3.28. The number of benzene rings is 1. The normalized spacial score (nSPS) is 17.8. The maximum Gasteiger partial charge on any atom is 0.122 e. The van der Waals surface area contributed by atoms with E-state index in [1.54, 1.807) is 0 Å². The molecule has 0 N–H and O–H groups in total. The van der Waals surface area contributed by atoms with Gasteiger partial charge in [-0.05, 0) is 62.4 Å². The van der Waals surface area contributed by atoms with Crippen LogP contribution in [0.25, 0.3) is 0 Å². The molecule has 1 atom stereocenters. The first-order valence-corrected chi connectivity index (χ1v) is 9.80. The molecule has 0 amide bonds. The molecule has 1 saturated heterocycles. The first-order valence-electron chi connectivity index (χ1n) is 9.80. The molecule has 0 bridgehead atoms. The lowest BCUT2D eigenvalue weighted by Crippen LogP contribution is -2.44. The van der Waals surface area contributed by atoms with E-state index >= 15 is 0 Å². The van der Waals surface area contributed by atoms with Crippen molar-refractivity contribution in [1.29, 1.82) is 0 Å². The van der Waals surface area contributed by atoms with Gasteiger partial charge in [-0.25, -0.2) is 0 Å². The molecule has 1 heterocycles. The predicted molar refractivity (Wildman–Crippen MR) is 103 cm³/mol. The fourth-order valence-electron chi connectivity index (χ4n) is 3.28. The highest BCUT2D eigenvalue weighted by atomic mass is 16.5. The Labute approximate surface area is 149 Å². The lowest BCUT2D eigenvalue weighted by atomic mass is 9.94. The summed E-state index contributed by atoms with van der Waals surface area (Å²) in [6.45, 7) is 13.6. The standard InChI is InChI=1S/C21H36N2O/c1-5-16-24-21-10-9-19(17-20(21)18(3)6-2)8-7-11-23-14-12-22(4)13-15-23/h9-10,17-18H,5-8,11-16H2,1-4H3. The monoisotopic (exact) mass is 332 g/mol. The molecule has 0 spiro atoms. The molecular formula is C21H36N2O. The highest BCUT2D eigenvalue weighted by molar-refractivity contribution is 5.39. The highest BCUT2D eigenvalue weighted by Crippen LogP contribution is 2.30. The Bertz CT molecular complexity index is 481. The topological polar surface area (TPSA) is 15.7 Å². The van der Waals surface area contributed by atoms with E-state index in [-0.39, 0.29) is 0 Å². The maximum absolute atomic E-state index is 5.96. The van der Waals surface area contributed by atoms with Crippen molar-refractivity contribution in [3.63, 3.8) is 0 Å². The minimum Gasteiger partial charge on any atom is -0.493 e. The van der Waals surface area contributed by atoms with Crippen LogP contribution in [0.5, 0.6) is 5.75 Å². The van der Waals surface area contributed by atoms with Gasteiger partial charge in [-0.1, -0.05) is 32.9 Å². The maximum atomic E-state index is 5.96. The van der Waals surface area contributed by atoms with Gasteiger partial charge in [0.2, 0.25) is 0 Å². The van der Waals surface area contributed by atoms with Crippen LogP contribution in [-0.2, 0) is 6.42 Å². The molecule has 3 nitrogen and oxygen atoms in total. The number of nitrogens with zero attached hydrogens (tertiary/aromatic N) is 2. The SMILES string of the molecule is CCCOc1ccc(CCCN2CCN(C)CC2)cc1C(C)CC. The number of piperazine rings is 1. The molecule has 0 aliphatic carbocycles. The number of ether oxygens (including phenoxy) is 1. The second kappa shape index (κ2) is 10.0. The summed E-state index contributed by atoms with van der Waals surface area (Å²) in [7, 11) is 2.22. The number of hydrogen-bond acceptors (Lipinski definition) is 3. The Balaban J connectivity index is 1.90. The van der Waals surface area contributed by atoms with Crippen LogP contribution in [0.1, 0.15) is 57.1 Å². The van der Waals surface area contributed by atoms with Crippen LogP contribution in [0, 0.1) is 0 Å². The summed E-state index contributed by atoms with van der Waals surface area (Å²) in [5.74, 6) is 1.66. The zero-order valence-corrected chi connectivity index (χ0v) is 16.2. The highest BCUT2D eigenvalue weighted by Gasteiger charge is 2.14. The van der Waals surface area contributed by atoms with Crippen molar-refractivity contribution in [3.05, 3.63) is 29.3 Å². The van der Waals surface area contributed by atoms with E-state index in [2.05, 4.69) is 55.8 Å². The van der Waals surface area contributed by atoms with E-state index in [0.717, 1.165) is 25.2 Å². The molecule has 3 heteroatoms. The zero-order chi connectivity index (χ0) is 17.4. The first kappa shape index (κ1) is 19.3. The molecule has 0 radical (unpaired) electrons. The van der Waals surface area contributed by atoms with E-state index in [9.17, 15) is 0 Å². The minimum atomic E-state index is 0.564. The fraction of sp³-hybridized carbons (Fsp3) is 0.714. The molecule has 1 aromatic rings. The van der Waals surface area contributed by atoms with Crippen LogP contribution in [0.2, 0.25) is 0 Å². The van der Waals surface area contributed by atoms with Crippen molar-refractivity contribution in [2.45, 2.75) is 52.4 Å². The largest absolute Gasteiger partial charge is 0.493 e. The Hall–Kier alpha value is -1.06. The van der Waals surface area contributed by atoms with Gasteiger partial charge in [0.05, 0.1) is 6.61 Å². The summed E-state index contributed by atoms with van der Waals surface area (Å²) in [4.78, 5) is 5.03. The number of rotatable bonds is 9. The van der Waals surface area contributed by atoms with Gasteiger partial charge in [-0.3, -0.25) is 0 Å². The van der Waals surface area contributed by atoms with E-state index in [1.807, 2.05) is 0 Å². The van der Waals surface area contributed by atoms with Gasteiger partial charge in [-0.2, -0.15) is 0 Å². The van der Waals surface area contributed by atoms with Gasteiger partial charge in [0, 0.05) is 26.2 Å². The third-order valence-corrected chi connectivity index (χ3v) is 5.21. The molecule has 1 aliphatic rings. The lowest BCUT2D eigenvalue weighted by molar-refractivity contribution is 0.153. The predicted octanol–water partition coefficient (Wildman–Crippen LogP) is 4.17. The van der Waals surface area contributed by atoms with E-state index in [1.165, 1.54) is 56.7 Å². The van der Waals surface area contributed by atoms with Gasteiger partial charge in [0.1, 0.15) is 5.75 Å². The lowest BCUT2D eigenvalue weighted by Gasteiger charge is -2.32. The molecule has 24 heavy (non-hydrogen) atoms. The summed E-state index contributed by atoms with van der Waals surface area (Å²) < 4.78 is 5.96. The molecule has 1 aromatic carbocycles. The summed E-state index contributed by atoms with van der Waals surface area (Å²) in [5, 5.41) is 0. The van der Waals surface area contributed by atoms with Gasteiger partial charge in [0.25, 0.3) is 0 Å². The van der Waals surface area contributed by atoms with Crippen molar-refractivity contribution < 1.29 is 4.74 Å². The summed E-state index contributed by atoms with van der Waals surface area (Å²) >= 11 is 0. The van der Waals surface area contributed by atoms with Gasteiger partial charge >= 0.3 is 0 Å². The molecule has 136 valence electrons. The third kappa shape index (κ3) is 5.78. The van der Waals surface area contributed by atoms with Crippen molar-refractivity contribution in [2.75, 3.05) is 46.4 Å². The minimum absolute atomic E-state index is 0.564. The molecule has 1 aliphatic heterocycles. The Kier molecular flexibility index (Phi) is 8.07. The molecule has 1 unspecified atom stereocenters. The van der Waals surface area contributed by atoms with E-state index in [0.29, 0.717) is 5.92 Å². The van der Waals surface area contributed by atoms with Crippen LogP contribution in [-0.4, -0.2) is 56.2 Å². The molecule has 0 saturated carbocycles. The van der Waals surface area contributed by atoms with Gasteiger partial charge < -0.3 is 14.5 Å². The van der Waals surface area contributed by atoms with Crippen molar-refractivity contribution in [1.82, 2.24) is 9.80 Å². The Morgan fingerprint density at radius 1 is 1.12 bits per heavy atom. The van der Waals surface area contributed by atoms with Crippen molar-refractivity contribution in [2.24, 2.45) is 0 Å². The van der Waals surface area contributed by atoms with Gasteiger partial charge in [-0.15, -0.1) is 0 Å². The molecule has 2 rings (SSSR count). The molecular weight excluding hydrogens is 296 g/mol. The van der Waals surface area contributed by atoms with E-state index < -0.39 is 0 Å². The Morgan fingerprint density at radius 2 is 1.88 bits per heavy atom. The number of hydrogen-bond donors (Lipinski definition) is 0. The van der Waals surface area contributed by atoms with Crippen LogP contribution in [0.3, 0.4) is 0 Å². The van der Waals surface area contributed by atoms with Gasteiger partial charge in [0.15, 0.2) is 0 Å². The van der Waals surface area contributed by atoms with Crippen molar-refractivity contribution >= 4 is 0 Å². The van der Waals surface area contributed by atoms with Crippen LogP contribution >= 0.6 is 0 Å². The smallest absolute Gasteiger partial charge is 0.122 e. The quantitative estimate of drug-likeness (QED) is 0.675. The summed E-state index contributed by atoms with van der Waals surface area (Å²) in [6.07, 6.45) is 4.64. The zero-order valence-electron chi connectivity index (χ0n) is 16.2. The second-order valence-electron chi connectivity index (χ2n) is 7.28. The number of aryl methyl sites for hydroxylation is 1. The average Bonchev–Trinajstić information content (AvgIpc) is 2.61. The van der Waals surface area contributed by atoms with Crippen molar-refractivity contribution in [3.8, 4) is 5.75 Å². The molecule has 0 aromatic heterocycles. The van der Waals surface area contributed by atoms with E-state index in [4.69, 9.17) is 4.74 Å². The molecule has 1 fully saturated rings. The average molecular weight is 333 g/mol. The van der Waals surface area contributed by atoms with Crippen LogP contribution in [0.4, 0.5) is 0 Å². The summed E-state index contributed by atoms with van der Waals surface area (Å²) in [6, 6.07) is 6.85.